The van der Waals surface area contributed by atoms with Gasteiger partial charge >= 0.3 is 6.03 Å². The highest BCUT2D eigenvalue weighted by Crippen LogP contribution is 2.20. The van der Waals surface area contributed by atoms with Gasteiger partial charge in [0.1, 0.15) is 12.7 Å². The van der Waals surface area contributed by atoms with Crippen LogP contribution in [-0.4, -0.2) is 38.8 Å². The lowest BCUT2D eigenvalue weighted by Gasteiger charge is -2.27. The predicted molar refractivity (Wildman–Crippen MR) is 99.7 cm³/mol. The smallest absolute Gasteiger partial charge is 0.317 e. The minimum atomic E-state index is -0.0307. The van der Waals surface area contributed by atoms with Gasteiger partial charge in [0.2, 0.25) is 0 Å². The maximum Gasteiger partial charge on any atom is 0.317 e. The molecule has 136 valence electrons. The molecule has 1 N–H and O–H groups in total. The fraction of sp³-hybridized carbons (Fsp3) is 0.526. The van der Waals surface area contributed by atoms with Crippen molar-refractivity contribution in [3.05, 3.63) is 42.5 Å². The van der Waals surface area contributed by atoms with Crippen LogP contribution < -0.4 is 5.32 Å². The highest BCUT2D eigenvalue weighted by Gasteiger charge is 2.18. The van der Waals surface area contributed by atoms with Gasteiger partial charge in [-0.15, -0.1) is 0 Å². The number of unbranched alkanes of at least 4 members (excludes halogenated alkanes) is 2. The minimum Gasteiger partial charge on any atom is -0.336 e. The summed E-state index contributed by atoms with van der Waals surface area (Å²) in [5, 5.41) is 7.21. The molecule has 2 atom stereocenters. The van der Waals surface area contributed by atoms with Crippen molar-refractivity contribution in [2.24, 2.45) is 0 Å². The Bertz CT molecular complexity index is 638. The van der Waals surface area contributed by atoms with Crippen LogP contribution >= 0.6 is 0 Å². The van der Waals surface area contributed by atoms with Crippen molar-refractivity contribution in [2.45, 2.75) is 58.5 Å². The number of rotatable bonds is 8. The van der Waals surface area contributed by atoms with Crippen LogP contribution in [0, 0.1) is 0 Å². The normalized spacial score (nSPS) is 13.3. The largest absolute Gasteiger partial charge is 0.336 e. The summed E-state index contributed by atoms with van der Waals surface area (Å²) < 4.78 is 1.71. The number of benzene rings is 1. The molecule has 2 rings (SSSR count). The van der Waals surface area contributed by atoms with E-state index in [9.17, 15) is 4.79 Å². The number of aromatic nitrogens is 3. The van der Waals surface area contributed by atoms with Crippen LogP contribution in [0.15, 0.2) is 36.9 Å². The van der Waals surface area contributed by atoms with Crippen molar-refractivity contribution in [1.82, 2.24) is 25.0 Å². The summed E-state index contributed by atoms with van der Waals surface area (Å²) in [5.41, 5.74) is 2.03. The van der Waals surface area contributed by atoms with E-state index in [4.69, 9.17) is 0 Å². The highest BCUT2D eigenvalue weighted by atomic mass is 16.2. The number of urea groups is 1. The summed E-state index contributed by atoms with van der Waals surface area (Å²) >= 11 is 0. The molecule has 0 bridgehead atoms. The van der Waals surface area contributed by atoms with Gasteiger partial charge in [-0.25, -0.2) is 14.5 Å². The molecular formula is C19H29N5O. The molecule has 2 amide bonds. The average molecular weight is 343 g/mol. The van der Waals surface area contributed by atoms with Gasteiger partial charge in [-0.2, -0.15) is 5.10 Å². The fourth-order valence-electron chi connectivity index (χ4n) is 2.73. The first-order valence-electron chi connectivity index (χ1n) is 9.01. The number of hydrogen-bond acceptors (Lipinski definition) is 3. The molecule has 2 unspecified atom stereocenters. The van der Waals surface area contributed by atoms with Crippen LogP contribution in [0.2, 0.25) is 0 Å². The average Bonchev–Trinajstić information content (AvgIpc) is 3.15. The molecule has 1 aromatic carbocycles. The monoisotopic (exact) mass is 343 g/mol. The van der Waals surface area contributed by atoms with E-state index >= 15 is 0 Å². The van der Waals surface area contributed by atoms with Crippen LogP contribution in [0.1, 0.15) is 58.1 Å². The molecule has 0 spiro atoms. The first-order valence-corrected chi connectivity index (χ1v) is 9.01. The van der Waals surface area contributed by atoms with Crippen molar-refractivity contribution in [2.75, 3.05) is 7.05 Å². The first kappa shape index (κ1) is 19.0. The second-order valence-corrected chi connectivity index (χ2v) is 6.56. The molecule has 25 heavy (non-hydrogen) atoms. The summed E-state index contributed by atoms with van der Waals surface area (Å²) in [4.78, 5) is 18.2. The highest BCUT2D eigenvalue weighted by molar-refractivity contribution is 5.74. The Morgan fingerprint density at radius 3 is 2.56 bits per heavy atom. The molecule has 0 aliphatic rings. The van der Waals surface area contributed by atoms with Crippen LogP contribution in [0.4, 0.5) is 4.79 Å². The van der Waals surface area contributed by atoms with Gasteiger partial charge in [0.15, 0.2) is 0 Å². The van der Waals surface area contributed by atoms with Gasteiger partial charge in [0.05, 0.1) is 11.7 Å². The summed E-state index contributed by atoms with van der Waals surface area (Å²) in [6.45, 7) is 6.29. The van der Waals surface area contributed by atoms with Crippen molar-refractivity contribution in [1.29, 1.82) is 0 Å². The van der Waals surface area contributed by atoms with Crippen molar-refractivity contribution in [3.63, 3.8) is 0 Å². The quantitative estimate of drug-likeness (QED) is 0.739. The van der Waals surface area contributed by atoms with Gasteiger partial charge < -0.3 is 10.2 Å². The standard InChI is InChI=1S/C19H29N5O/c1-5-6-7-8-15(2)22-19(25)23(4)16(3)17-9-11-18(12-10-17)24-14-20-13-21-24/h9-16H,5-8H2,1-4H3,(H,22,25). The second kappa shape index (κ2) is 9.20. The lowest BCUT2D eigenvalue weighted by Crippen LogP contribution is -2.42. The van der Waals surface area contributed by atoms with E-state index in [1.807, 2.05) is 38.2 Å². The number of amides is 2. The molecule has 6 nitrogen and oxygen atoms in total. The van der Waals surface area contributed by atoms with Crippen molar-refractivity contribution < 1.29 is 4.79 Å². The molecule has 0 radical (unpaired) electrons. The van der Waals surface area contributed by atoms with Crippen LogP contribution in [0.3, 0.4) is 0 Å². The topological polar surface area (TPSA) is 63.1 Å². The van der Waals surface area contributed by atoms with E-state index in [0.29, 0.717) is 0 Å². The van der Waals surface area contributed by atoms with Crippen molar-refractivity contribution >= 4 is 6.03 Å². The predicted octanol–water partition coefficient (Wildman–Crippen LogP) is 3.94. The number of hydrogen-bond donors (Lipinski definition) is 1. The third-order valence-corrected chi connectivity index (χ3v) is 4.57. The van der Waals surface area contributed by atoms with Crippen LogP contribution in [0.25, 0.3) is 5.69 Å². The Morgan fingerprint density at radius 2 is 1.96 bits per heavy atom. The summed E-state index contributed by atoms with van der Waals surface area (Å²) in [6.07, 6.45) is 7.76. The fourth-order valence-corrected chi connectivity index (χ4v) is 2.73. The lowest BCUT2D eigenvalue weighted by molar-refractivity contribution is 0.190. The summed E-state index contributed by atoms with van der Waals surface area (Å²) in [6, 6.07) is 8.18. The third kappa shape index (κ3) is 5.31. The van der Waals surface area contributed by atoms with Gasteiger partial charge in [-0.3, -0.25) is 0 Å². The number of nitrogens with one attached hydrogen (secondary N) is 1. The molecule has 2 aromatic rings. The van der Waals surface area contributed by atoms with Gasteiger partial charge in [0.25, 0.3) is 0 Å². The minimum absolute atomic E-state index is 0.00682. The SMILES string of the molecule is CCCCCC(C)NC(=O)N(C)C(C)c1ccc(-n2cncn2)cc1. The maximum absolute atomic E-state index is 12.4. The van der Waals surface area contributed by atoms with Gasteiger partial charge in [-0.1, -0.05) is 38.3 Å². The van der Waals surface area contributed by atoms with E-state index in [1.165, 1.54) is 19.2 Å². The van der Waals surface area contributed by atoms with Crippen LogP contribution in [-0.2, 0) is 0 Å². The summed E-state index contributed by atoms with van der Waals surface area (Å²) in [5.74, 6) is 0. The molecule has 0 aliphatic carbocycles. The van der Waals surface area contributed by atoms with Gasteiger partial charge in [-0.05, 0) is 38.0 Å². The van der Waals surface area contributed by atoms with Crippen molar-refractivity contribution in [3.8, 4) is 5.69 Å². The number of carbonyl (C=O) groups excluding carboxylic acids is 1. The lowest BCUT2D eigenvalue weighted by atomic mass is 10.1. The van der Waals surface area contributed by atoms with E-state index < -0.39 is 0 Å². The Morgan fingerprint density at radius 1 is 1.24 bits per heavy atom. The van der Waals surface area contributed by atoms with Crippen LogP contribution in [0.5, 0.6) is 0 Å². The number of carbonyl (C=O) groups is 1. The molecule has 0 saturated carbocycles. The zero-order valence-electron chi connectivity index (χ0n) is 15.6. The molecule has 1 heterocycles. The molecule has 6 heteroatoms. The number of nitrogens with zero attached hydrogens (tertiary/aromatic N) is 4. The zero-order chi connectivity index (χ0) is 18.2. The molecule has 0 aliphatic heterocycles. The molecular weight excluding hydrogens is 314 g/mol. The summed E-state index contributed by atoms with van der Waals surface area (Å²) in [7, 11) is 1.84. The molecule has 0 fully saturated rings. The molecule has 1 aromatic heterocycles. The Hall–Kier alpha value is -2.37. The second-order valence-electron chi connectivity index (χ2n) is 6.56. The zero-order valence-corrected chi connectivity index (χ0v) is 15.6. The van der Waals surface area contributed by atoms with E-state index in [-0.39, 0.29) is 18.1 Å². The van der Waals surface area contributed by atoms with E-state index in [1.54, 1.807) is 15.9 Å². The maximum atomic E-state index is 12.4. The Labute approximate surface area is 150 Å². The van der Waals surface area contributed by atoms with E-state index in [0.717, 1.165) is 24.1 Å². The Balaban J connectivity index is 1.92. The third-order valence-electron chi connectivity index (χ3n) is 4.57. The molecule has 0 saturated heterocycles. The van der Waals surface area contributed by atoms with E-state index in [2.05, 4.69) is 29.2 Å². The first-order chi connectivity index (χ1) is 12.0. The van der Waals surface area contributed by atoms with Gasteiger partial charge in [0, 0.05) is 13.1 Å². The Kier molecular flexibility index (Phi) is 6.98.